The molecule has 6 heteroatoms. The van der Waals surface area contributed by atoms with E-state index in [0.29, 0.717) is 30.8 Å². The molecule has 1 aromatic rings. The summed E-state index contributed by atoms with van der Waals surface area (Å²) in [6.45, 7) is 1.08. The van der Waals surface area contributed by atoms with Gasteiger partial charge >= 0.3 is 0 Å². The number of benzene rings is 1. The van der Waals surface area contributed by atoms with Crippen molar-refractivity contribution in [2.45, 2.75) is 6.42 Å². The van der Waals surface area contributed by atoms with Crippen LogP contribution in [-0.2, 0) is 9.84 Å². The van der Waals surface area contributed by atoms with Gasteiger partial charge in [-0.3, -0.25) is 0 Å². The molecule has 0 saturated carbocycles. The molecule has 0 radical (unpaired) electrons. The number of nitrogen functional groups attached to an aromatic ring is 1. The number of rotatable bonds is 1. The number of hydrogen-bond donors (Lipinski definition) is 1. The molecule has 0 unspecified atom stereocenters. The number of nitrogens with two attached hydrogens (primary N) is 1. The van der Waals surface area contributed by atoms with Crippen molar-refractivity contribution in [3.8, 4) is 6.07 Å². The first-order valence-corrected chi connectivity index (χ1v) is 7.59. The molecule has 18 heavy (non-hydrogen) atoms. The number of anilines is 2. The fraction of sp³-hybridized carbons (Fsp3) is 0.417. The summed E-state index contributed by atoms with van der Waals surface area (Å²) in [6, 6.07) is 7.29. The topological polar surface area (TPSA) is 87.2 Å². The first-order valence-electron chi connectivity index (χ1n) is 5.77. The van der Waals surface area contributed by atoms with E-state index in [1.165, 1.54) is 0 Å². The zero-order valence-electron chi connectivity index (χ0n) is 9.96. The van der Waals surface area contributed by atoms with Gasteiger partial charge in [-0.25, -0.2) is 8.42 Å². The molecule has 0 amide bonds. The molecule has 2 rings (SSSR count). The average molecular weight is 265 g/mol. The van der Waals surface area contributed by atoms with Crippen molar-refractivity contribution in [2.75, 3.05) is 35.2 Å². The summed E-state index contributed by atoms with van der Waals surface area (Å²) in [5.74, 6) is 0.366. The zero-order chi connectivity index (χ0) is 13.2. The van der Waals surface area contributed by atoms with Crippen LogP contribution in [0.1, 0.15) is 12.0 Å². The van der Waals surface area contributed by atoms with Gasteiger partial charge in [-0.1, -0.05) is 6.07 Å². The minimum Gasteiger partial charge on any atom is -0.396 e. The summed E-state index contributed by atoms with van der Waals surface area (Å²) in [5, 5.41) is 8.94. The number of nitrogens with zero attached hydrogens (tertiary/aromatic N) is 2. The van der Waals surface area contributed by atoms with E-state index in [2.05, 4.69) is 0 Å². The Hall–Kier alpha value is -1.74. The minimum absolute atomic E-state index is 0.142. The molecule has 1 aliphatic rings. The van der Waals surface area contributed by atoms with E-state index in [1.807, 2.05) is 17.0 Å². The molecule has 2 N–H and O–H groups in total. The van der Waals surface area contributed by atoms with Crippen LogP contribution in [0.25, 0.3) is 0 Å². The van der Waals surface area contributed by atoms with Gasteiger partial charge in [0, 0.05) is 13.1 Å². The molecule has 1 heterocycles. The Morgan fingerprint density at radius 1 is 1.28 bits per heavy atom. The van der Waals surface area contributed by atoms with Crippen molar-refractivity contribution in [3.05, 3.63) is 23.8 Å². The first kappa shape index (κ1) is 12.7. The molecule has 1 fully saturated rings. The van der Waals surface area contributed by atoms with Crippen LogP contribution in [0.2, 0.25) is 0 Å². The molecule has 5 nitrogen and oxygen atoms in total. The maximum Gasteiger partial charge on any atom is 0.152 e. The van der Waals surface area contributed by atoms with Gasteiger partial charge in [0.1, 0.15) is 6.07 Å². The first-order chi connectivity index (χ1) is 8.53. The monoisotopic (exact) mass is 265 g/mol. The smallest absolute Gasteiger partial charge is 0.152 e. The fourth-order valence-corrected chi connectivity index (χ4v) is 3.38. The normalized spacial score (nSPS) is 18.9. The molecule has 0 aliphatic carbocycles. The molecule has 0 atom stereocenters. The van der Waals surface area contributed by atoms with Gasteiger partial charge in [-0.05, 0) is 18.6 Å². The summed E-state index contributed by atoms with van der Waals surface area (Å²) in [7, 11) is -2.94. The number of hydrogen-bond acceptors (Lipinski definition) is 5. The van der Waals surface area contributed by atoms with Gasteiger partial charge in [-0.15, -0.1) is 0 Å². The highest BCUT2D eigenvalue weighted by Crippen LogP contribution is 2.27. The second-order valence-electron chi connectivity index (χ2n) is 4.34. The third-order valence-electron chi connectivity index (χ3n) is 3.10. The van der Waals surface area contributed by atoms with E-state index >= 15 is 0 Å². The van der Waals surface area contributed by atoms with Crippen molar-refractivity contribution in [1.82, 2.24) is 0 Å². The molecule has 0 spiro atoms. The largest absolute Gasteiger partial charge is 0.396 e. The van der Waals surface area contributed by atoms with Crippen molar-refractivity contribution < 1.29 is 8.42 Å². The Kier molecular flexibility index (Phi) is 3.43. The summed E-state index contributed by atoms with van der Waals surface area (Å²) < 4.78 is 23.1. The van der Waals surface area contributed by atoms with Gasteiger partial charge < -0.3 is 10.6 Å². The van der Waals surface area contributed by atoms with Crippen LogP contribution in [0.3, 0.4) is 0 Å². The number of para-hydroxylation sites is 1. The van der Waals surface area contributed by atoms with Crippen molar-refractivity contribution >= 4 is 21.2 Å². The Bertz CT molecular complexity index is 590. The molecule has 96 valence electrons. The third kappa shape index (κ3) is 2.57. The van der Waals surface area contributed by atoms with Gasteiger partial charge in [0.2, 0.25) is 0 Å². The lowest BCUT2D eigenvalue weighted by Crippen LogP contribution is -2.27. The van der Waals surface area contributed by atoms with Crippen LogP contribution in [-0.4, -0.2) is 33.0 Å². The quantitative estimate of drug-likeness (QED) is 0.758. The van der Waals surface area contributed by atoms with E-state index in [0.717, 1.165) is 5.69 Å². The standard InChI is InChI=1S/C12H15N3O2S/c13-9-10-3-1-4-11(12(10)14)15-5-2-7-18(16,17)8-6-15/h1,3-4H,2,5-8,14H2. The van der Waals surface area contributed by atoms with Crippen LogP contribution >= 0.6 is 0 Å². The SMILES string of the molecule is N#Cc1cccc(N2CCCS(=O)(=O)CC2)c1N. The van der Waals surface area contributed by atoms with Crippen LogP contribution in [0.15, 0.2) is 18.2 Å². The highest BCUT2D eigenvalue weighted by Gasteiger charge is 2.21. The second kappa shape index (κ2) is 4.86. The Morgan fingerprint density at radius 2 is 2.06 bits per heavy atom. The van der Waals surface area contributed by atoms with Crippen LogP contribution in [0.5, 0.6) is 0 Å². The van der Waals surface area contributed by atoms with Gasteiger partial charge in [0.25, 0.3) is 0 Å². The van der Waals surface area contributed by atoms with E-state index in [4.69, 9.17) is 11.0 Å². The zero-order valence-corrected chi connectivity index (χ0v) is 10.8. The number of nitriles is 1. The molecule has 1 aliphatic heterocycles. The predicted molar refractivity (Wildman–Crippen MR) is 71.1 cm³/mol. The van der Waals surface area contributed by atoms with Crippen molar-refractivity contribution in [3.63, 3.8) is 0 Å². The number of sulfone groups is 1. The molecule has 1 saturated heterocycles. The Balaban J connectivity index is 2.30. The molecular weight excluding hydrogens is 250 g/mol. The van der Waals surface area contributed by atoms with E-state index in [1.54, 1.807) is 12.1 Å². The van der Waals surface area contributed by atoms with E-state index in [-0.39, 0.29) is 11.5 Å². The third-order valence-corrected chi connectivity index (χ3v) is 4.82. The van der Waals surface area contributed by atoms with Crippen molar-refractivity contribution in [1.29, 1.82) is 5.26 Å². The lowest BCUT2D eigenvalue weighted by atomic mass is 10.1. The maximum absolute atomic E-state index is 11.5. The molecule has 0 bridgehead atoms. The predicted octanol–water partition coefficient (Wildman–Crippen LogP) is 0.765. The van der Waals surface area contributed by atoms with Crippen LogP contribution in [0, 0.1) is 11.3 Å². The van der Waals surface area contributed by atoms with E-state index < -0.39 is 9.84 Å². The lowest BCUT2D eigenvalue weighted by molar-refractivity contribution is 0.597. The molecule has 1 aromatic carbocycles. The van der Waals surface area contributed by atoms with Crippen LogP contribution in [0.4, 0.5) is 11.4 Å². The fourth-order valence-electron chi connectivity index (χ4n) is 2.11. The van der Waals surface area contributed by atoms with Gasteiger partial charge in [-0.2, -0.15) is 5.26 Å². The maximum atomic E-state index is 11.5. The van der Waals surface area contributed by atoms with Gasteiger partial charge in [0.15, 0.2) is 9.84 Å². The lowest BCUT2D eigenvalue weighted by Gasteiger charge is -2.24. The summed E-state index contributed by atoms with van der Waals surface area (Å²) in [6.07, 6.45) is 0.596. The molecular formula is C12H15N3O2S. The van der Waals surface area contributed by atoms with Crippen molar-refractivity contribution in [2.24, 2.45) is 0 Å². The Morgan fingerprint density at radius 3 is 2.78 bits per heavy atom. The van der Waals surface area contributed by atoms with Gasteiger partial charge in [0.05, 0.1) is 28.4 Å². The Labute approximate surface area is 107 Å². The second-order valence-corrected chi connectivity index (χ2v) is 6.65. The van der Waals surface area contributed by atoms with E-state index in [9.17, 15) is 8.42 Å². The highest BCUT2D eigenvalue weighted by atomic mass is 32.2. The minimum atomic E-state index is -2.94. The molecule has 0 aromatic heterocycles. The summed E-state index contributed by atoms with van der Waals surface area (Å²) in [4.78, 5) is 1.95. The average Bonchev–Trinajstić information content (AvgIpc) is 2.51. The summed E-state index contributed by atoms with van der Waals surface area (Å²) in [5.41, 5.74) is 7.55. The summed E-state index contributed by atoms with van der Waals surface area (Å²) >= 11 is 0. The highest BCUT2D eigenvalue weighted by molar-refractivity contribution is 7.91. The van der Waals surface area contributed by atoms with Crippen LogP contribution < -0.4 is 10.6 Å².